The topological polar surface area (TPSA) is 307 Å². The van der Waals surface area contributed by atoms with E-state index < -0.39 is 124 Å². The van der Waals surface area contributed by atoms with Crippen LogP contribution in [0.25, 0.3) is 0 Å². The molecule has 3 aliphatic rings. The number of nitrogens with one attached hydrogen (secondary N) is 1. The lowest BCUT2D eigenvalue weighted by atomic mass is 9.96. The quantitative estimate of drug-likeness (QED) is 0.0354. The number of hydrogen-bond donors (Lipinski definition) is 12. The Morgan fingerprint density at radius 2 is 1.07 bits per heavy atom. The second-order valence-electron chi connectivity index (χ2n) is 14.7. The molecular formula is C39H67NO18. The Morgan fingerprint density at radius 3 is 1.59 bits per heavy atom. The zero-order valence-corrected chi connectivity index (χ0v) is 33.2. The highest BCUT2D eigenvalue weighted by Crippen LogP contribution is 2.32. The molecular weight excluding hydrogens is 770 g/mol. The van der Waals surface area contributed by atoms with Crippen molar-refractivity contribution in [2.24, 2.45) is 0 Å². The molecule has 0 spiro atoms. The van der Waals surface area contributed by atoms with Gasteiger partial charge in [-0.1, -0.05) is 63.1 Å². The first-order valence-corrected chi connectivity index (χ1v) is 20.2. The molecule has 3 fully saturated rings. The Kier molecular flexibility index (Phi) is 22.9. The van der Waals surface area contributed by atoms with E-state index in [1.54, 1.807) is 13.0 Å². The molecule has 3 heterocycles. The van der Waals surface area contributed by atoms with Gasteiger partial charge in [0, 0.05) is 6.42 Å². The van der Waals surface area contributed by atoms with Crippen molar-refractivity contribution in [2.45, 2.75) is 176 Å². The van der Waals surface area contributed by atoms with E-state index in [2.05, 4.69) is 36.5 Å². The van der Waals surface area contributed by atoms with Crippen molar-refractivity contribution >= 4 is 5.91 Å². The number of hydrogen-bond acceptors (Lipinski definition) is 18. The van der Waals surface area contributed by atoms with Gasteiger partial charge in [0.25, 0.3) is 0 Å². The van der Waals surface area contributed by atoms with Gasteiger partial charge in [-0.25, -0.2) is 0 Å². The molecule has 0 radical (unpaired) electrons. The summed E-state index contributed by atoms with van der Waals surface area (Å²) in [5.74, 6) is -0.384. The highest BCUT2D eigenvalue weighted by molar-refractivity contribution is 5.75. The highest BCUT2D eigenvalue weighted by Gasteiger charge is 2.53. The first-order chi connectivity index (χ1) is 27.8. The Hall–Kier alpha value is -1.99. The van der Waals surface area contributed by atoms with Gasteiger partial charge >= 0.3 is 0 Å². The summed E-state index contributed by atoms with van der Waals surface area (Å²) in [6.07, 6.45) is -6.80. The van der Waals surface area contributed by atoms with Crippen molar-refractivity contribution in [1.82, 2.24) is 5.32 Å². The molecule has 17 atom stereocenters. The molecule has 336 valence electrons. The van der Waals surface area contributed by atoms with Crippen molar-refractivity contribution in [1.29, 1.82) is 0 Å². The van der Waals surface area contributed by atoms with Crippen LogP contribution in [0.1, 0.15) is 71.6 Å². The van der Waals surface area contributed by atoms with Gasteiger partial charge in [0.2, 0.25) is 5.91 Å². The molecule has 0 aliphatic carbocycles. The monoisotopic (exact) mass is 837 g/mol. The molecule has 0 saturated carbocycles. The SMILES string of the molecule is CCCCC/C=C/CC/C=C/CC/C=C/C(O)C(COC1OC(CO)C(OC2OC(CO)C(OC3OC(CO)C(O)C(O)C3O)C(O)C2O)C(O)C1O)NC(=O)CC. The van der Waals surface area contributed by atoms with Crippen molar-refractivity contribution in [3.8, 4) is 0 Å². The molecule has 19 heteroatoms. The molecule has 0 aromatic heterocycles. The van der Waals surface area contributed by atoms with Gasteiger partial charge < -0.3 is 89.9 Å². The van der Waals surface area contributed by atoms with Crippen molar-refractivity contribution < 1.29 is 89.4 Å². The molecule has 0 bridgehead atoms. The molecule has 19 nitrogen and oxygen atoms in total. The van der Waals surface area contributed by atoms with Crippen LogP contribution in [0.2, 0.25) is 0 Å². The van der Waals surface area contributed by atoms with Gasteiger partial charge in [-0.2, -0.15) is 0 Å². The first-order valence-electron chi connectivity index (χ1n) is 20.2. The van der Waals surface area contributed by atoms with Crippen molar-refractivity contribution in [2.75, 3.05) is 26.4 Å². The highest BCUT2D eigenvalue weighted by atomic mass is 16.8. The number of carbonyl (C=O) groups excluding carboxylic acids is 1. The number of rotatable bonds is 24. The fraction of sp³-hybridized carbons (Fsp3) is 0.821. The Labute approximate surface area is 339 Å². The average Bonchev–Trinajstić information content (AvgIpc) is 3.22. The molecule has 3 saturated heterocycles. The fourth-order valence-electron chi connectivity index (χ4n) is 6.65. The minimum absolute atomic E-state index is 0.111. The van der Waals surface area contributed by atoms with E-state index in [9.17, 15) is 61.0 Å². The summed E-state index contributed by atoms with van der Waals surface area (Å²) in [4.78, 5) is 12.3. The van der Waals surface area contributed by atoms with Gasteiger partial charge in [-0.3, -0.25) is 4.79 Å². The Morgan fingerprint density at radius 1 is 0.603 bits per heavy atom. The fourth-order valence-corrected chi connectivity index (χ4v) is 6.65. The smallest absolute Gasteiger partial charge is 0.220 e. The summed E-state index contributed by atoms with van der Waals surface area (Å²) in [5, 5.41) is 118. The van der Waals surface area contributed by atoms with Gasteiger partial charge in [0.15, 0.2) is 18.9 Å². The van der Waals surface area contributed by atoms with E-state index in [1.807, 2.05) is 0 Å². The summed E-state index contributed by atoms with van der Waals surface area (Å²) < 4.78 is 33.5. The number of ether oxygens (including phenoxy) is 6. The summed E-state index contributed by atoms with van der Waals surface area (Å²) in [5.41, 5.74) is 0. The van der Waals surface area contributed by atoms with E-state index in [0.29, 0.717) is 6.42 Å². The zero-order valence-electron chi connectivity index (χ0n) is 33.2. The summed E-state index contributed by atoms with van der Waals surface area (Å²) in [6.45, 7) is 0.994. The first kappa shape index (κ1) is 50.4. The largest absolute Gasteiger partial charge is 0.394 e. The Balaban J connectivity index is 1.56. The Bertz CT molecular complexity index is 1240. The van der Waals surface area contributed by atoms with E-state index >= 15 is 0 Å². The summed E-state index contributed by atoms with van der Waals surface area (Å²) in [7, 11) is 0. The van der Waals surface area contributed by atoms with E-state index in [-0.39, 0.29) is 18.9 Å². The molecule has 12 N–H and O–H groups in total. The lowest BCUT2D eigenvalue weighted by molar-refractivity contribution is -0.379. The third-order valence-electron chi connectivity index (χ3n) is 10.2. The number of aliphatic hydroxyl groups is 11. The number of aliphatic hydroxyl groups excluding tert-OH is 11. The molecule has 0 aromatic carbocycles. The molecule has 0 aromatic rings. The summed E-state index contributed by atoms with van der Waals surface area (Å²) >= 11 is 0. The van der Waals surface area contributed by atoms with Gasteiger partial charge in [0.05, 0.1) is 38.6 Å². The maximum Gasteiger partial charge on any atom is 0.220 e. The summed E-state index contributed by atoms with van der Waals surface area (Å²) in [6, 6.07) is -0.987. The van der Waals surface area contributed by atoms with Gasteiger partial charge in [-0.05, 0) is 38.5 Å². The van der Waals surface area contributed by atoms with Gasteiger partial charge in [0.1, 0.15) is 73.2 Å². The van der Waals surface area contributed by atoms with Crippen molar-refractivity contribution in [3.05, 3.63) is 36.5 Å². The van der Waals surface area contributed by atoms with Gasteiger partial charge in [-0.15, -0.1) is 0 Å². The maximum absolute atomic E-state index is 12.3. The van der Waals surface area contributed by atoms with Crippen LogP contribution in [0.5, 0.6) is 0 Å². The van der Waals surface area contributed by atoms with E-state index in [0.717, 1.165) is 25.7 Å². The van der Waals surface area contributed by atoms with Crippen LogP contribution >= 0.6 is 0 Å². The van der Waals surface area contributed by atoms with Crippen molar-refractivity contribution in [3.63, 3.8) is 0 Å². The minimum atomic E-state index is -1.98. The van der Waals surface area contributed by atoms with Crippen LogP contribution in [0.3, 0.4) is 0 Å². The third kappa shape index (κ3) is 14.6. The average molecular weight is 838 g/mol. The molecule has 3 rings (SSSR count). The molecule has 1 amide bonds. The van der Waals surface area contributed by atoms with E-state index in [1.165, 1.54) is 25.3 Å². The number of amides is 1. The minimum Gasteiger partial charge on any atom is -0.394 e. The zero-order chi connectivity index (χ0) is 42.8. The van der Waals surface area contributed by atoms with Crippen LogP contribution in [-0.2, 0) is 33.2 Å². The number of unbranched alkanes of at least 4 members (excludes halogenated alkanes) is 5. The number of allylic oxidation sites excluding steroid dienone is 5. The van der Waals surface area contributed by atoms with Crippen LogP contribution in [-0.4, -0.2) is 193 Å². The normalized spacial score (nSPS) is 37.2. The van der Waals surface area contributed by atoms with E-state index in [4.69, 9.17) is 28.4 Å². The molecule has 17 unspecified atom stereocenters. The second kappa shape index (κ2) is 26.4. The number of carbonyl (C=O) groups is 1. The lowest BCUT2D eigenvalue weighted by Crippen LogP contribution is -2.66. The standard InChI is InChI=1S/C39H67NO18/c1-3-5-6-7-8-9-10-11-12-13-14-15-16-17-23(44)22(40-27(45)4-2)21-53-37-33(51)30(48)35(25(19-42)55-37)58-39-34(52)31(49)36(26(20-43)56-39)57-38-32(50)29(47)28(46)24(18-41)54-38/h8-9,12-13,16-17,22-26,28-39,41-44,46-52H,3-7,10-11,14-15,18-21H2,1-2H3,(H,40,45)/b9-8+,13-12+,17-16+. The van der Waals surface area contributed by atoms with Crippen LogP contribution < -0.4 is 5.32 Å². The maximum atomic E-state index is 12.3. The van der Waals surface area contributed by atoms with Crippen LogP contribution in [0, 0.1) is 0 Å². The lowest BCUT2D eigenvalue weighted by Gasteiger charge is -2.48. The molecule has 3 aliphatic heterocycles. The second-order valence-corrected chi connectivity index (χ2v) is 14.7. The third-order valence-corrected chi connectivity index (χ3v) is 10.2. The predicted molar refractivity (Wildman–Crippen MR) is 203 cm³/mol. The molecule has 58 heavy (non-hydrogen) atoms. The predicted octanol–water partition coefficient (Wildman–Crippen LogP) is -2.48. The van der Waals surface area contributed by atoms with Crippen LogP contribution in [0.4, 0.5) is 0 Å². The van der Waals surface area contributed by atoms with Crippen LogP contribution in [0.15, 0.2) is 36.5 Å².